The van der Waals surface area contributed by atoms with Crippen LogP contribution in [0.3, 0.4) is 0 Å². The highest BCUT2D eigenvalue weighted by Crippen LogP contribution is 2.72. The van der Waals surface area contributed by atoms with Crippen LogP contribution in [0.4, 0.5) is 0 Å². The predicted octanol–water partition coefficient (Wildman–Crippen LogP) is 3.15. The van der Waals surface area contributed by atoms with Crippen LogP contribution in [-0.4, -0.2) is 45.2 Å². The summed E-state index contributed by atoms with van der Waals surface area (Å²) < 4.78 is 5.80. The van der Waals surface area contributed by atoms with Gasteiger partial charge in [-0.2, -0.15) is 0 Å². The summed E-state index contributed by atoms with van der Waals surface area (Å²) in [7, 11) is 0. The third-order valence-corrected chi connectivity index (χ3v) is 9.09. The molecule has 2 bridgehead atoms. The summed E-state index contributed by atoms with van der Waals surface area (Å²) in [5.74, 6) is -0.00765. The summed E-state index contributed by atoms with van der Waals surface area (Å²) in [6.45, 7) is 13.6. The number of hydrogen-bond donors (Lipinski definition) is 3. The van der Waals surface area contributed by atoms with E-state index in [2.05, 4.69) is 20.8 Å². The topological polar surface area (TPSA) is 87.0 Å². The van der Waals surface area contributed by atoms with E-state index in [9.17, 15) is 20.1 Å². The van der Waals surface area contributed by atoms with Crippen molar-refractivity contribution in [3.63, 3.8) is 0 Å². The quantitative estimate of drug-likeness (QED) is 0.366. The van der Waals surface area contributed by atoms with Crippen molar-refractivity contribution in [2.75, 3.05) is 0 Å². The molecule has 5 heteroatoms. The fourth-order valence-corrected chi connectivity index (χ4v) is 7.20. The van der Waals surface area contributed by atoms with E-state index >= 15 is 0 Å². The van der Waals surface area contributed by atoms with Crippen LogP contribution < -0.4 is 0 Å². The van der Waals surface area contributed by atoms with Gasteiger partial charge in [0.05, 0.1) is 11.5 Å². The second kappa shape index (κ2) is 6.54. The number of aliphatic hydroxyl groups excluding tert-OH is 2. The molecule has 2 fully saturated rings. The molecule has 4 rings (SSSR count). The fraction of sp³-hybridized carbons (Fsp3) is 0.720. The number of carbonyl (C=O) groups excluding carboxylic acids is 1. The molecular formula is C25H36O5. The lowest BCUT2D eigenvalue weighted by molar-refractivity contribution is -0.222. The van der Waals surface area contributed by atoms with Crippen LogP contribution in [0.1, 0.15) is 54.9 Å². The standard InChI is InChI=1S/C25H36O5/c1-8-12(2)22(28)30-21-14(4)11-24-15(5)10-17-18(23(17,6)7)16(20(24)27)9-13(3)19(26)25(21,24)29/h8-9,11,15-21,26-27,29H,10H2,1-7H3/b12-8-/t15-,16+,17-,18+,19-,20?,21+,24+,25+/m1/s1. The Hall–Kier alpha value is -1.43. The van der Waals surface area contributed by atoms with Crippen molar-refractivity contribution in [3.05, 3.63) is 34.9 Å². The predicted molar refractivity (Wildman–Crippen MR) is 114 cm³/mol. The van der Waals surface area contributed by atoms with Gasteiger partial charge in [-0.05, 0) is 68.4 Å². The lowest BCUT2D eigenvalue weighted by Gasteiger charge is -2.52. The molecule has 0 aliphatic heterocycles. The average molecular weight is 417 g/mol. The number of fused-ring (bicyclic) bond motifs is 3. The Bertz CT molecular complexity index is 867. The molecule has 2 saturated carbocycles. The minimum Gasteiger partial charge on any atom is -0.451 e. The Morgan fingerprint density at radius 3 is 2.47 bits per heavy atom. The van der Waals surface area contributed by atoms with Gasteiger partial charge in [0, 0.05) is 11.5 Å². The maximum atomic E-state index is 12.6. The molecule has 0 amide bonds. The first-order valence-electron chi connectivity index (χ1n) is 11.2. The van der Waals surface area contributed by atoms with Crippen LogP contribution in [0, 0.1) is 34.5 Å². The lowest BCUT2D eigenvalue weighted by Crippen LogP contribution is -2.66. The highest BCUT2D eigenvalue weighted by atomic mass is 16.6. The van der Waals surface area contributed by atoms with Gasteiger partial charge in [-0.25, -0.2) is 4.79 Å². The molecule has 9 atom stereocenters. The van der Waals surface area contributed by atoms with E-state index in [-0.39, 0.29) is 17.3 Å². The molecule has 3 N–H and O–H groups in total. The number of carbonyl (C=O) groups is 1. The van der Waals surface area contributed by atoms with Crippen LogP contribution in [0.5, 0.6) is 0 Å². The van der Waals surface area contributed by atoms with E-state index in [0.29, 0.717) is 28.6 Å². The molecule has 4 aliphatic carbocycles. The summed E-state index contributed by atoms with van der Waals surface area (Å²) in [4.78, 5) is 12.6. The van der Waals surface area contributed by atoms with Crippen LogP contribution >= 0.6 is 0 Å². The van der Waals surface area contributed by atoms with Crippen LogP contribution in [-0.2, 0) is 9.53 Å². The van der Waals surface area contributed by atoms with Gasteiger partial charge in [-0.1, -0.05) is 39.0 Å². The first kappa shape index (κ1) is 21.8. The van der Waals surface area contributed by atoms with Gasteiger partial charge in [0.25, 0.3) is 0 Å². The van der Waals surface area contributed by atoms with Gasteiger partial charge >= 0.3 is 5.97 Å². The largest absolute Gasteiger partial charge is 0.451 e. The zero-order chi connectivity index (χ0) is 22.4. The van der Waals surface area contributed by atoms with E-state index in [4.69, 9.17) is 4.74 Å². The Kier molecular flexibility index (Phi) is 4.75. The molecule has 0 heterocycles. The van der Waals surface area contributed by atoms with Crippen molar-refractivity contribution in [1.82, 2.24) is 0 Å². The molecule has 0 aromatic carbocycles. The highest BCUT2D eigenvalue weighted by molar-refractivity contribution is 5.88. The van der Waals surface area contributed by atoms with Crippen molar-refractivity contribution in [2.24, 2.45) is 34.5 Å². The second-order valence-electron chi connectivity index (χ2n) is 10.8. The molecule has 1 spiro atoms. The number of hydrogen-bond acceptors (Lipinski definition) is 5. The average Bonchev–Trinajstić information content (AvgIpc) is 3.17. The smallest absolute Gasteiger partial charge is 0.334 e. The van der Waals surface area contributed by atoms with Crippen LogP contribution in [0.25, 0.3) is 0 Å². The Balaban J connectivity index is 1.88. The summed E-state index contributed by atoms with van der Waals surface area (Å²) >= 11 is 0. The molecule has 1 unspecified atom stereocenters. The van der Waals surface area contributed by atoms with Gasteiger partial charge in [-0.3, -0.25) is 0 Å². The Labute approximate surface area is 179 Å². The van der Waals surface area contributed by atoms with Crippen LogP contribution in [0.15, 0.2) is 34.9 Å². The third kappa shape index (κ3) is 2.43. The van der Waals surface area contributed by atoms with E-state index in [1.165, 1.54) is 0 Å². The second-order valence-corrected chi connectivity index (χ2v) is 10.8. The molecule has 4 aliphatic rings. The molecule has 166 valence electrons. The van der Waals surface area contributed by atoms with E-state index in [0.717, 1.165) is 6.42 Å². The maximum absolute atomic E-state index is 12.6. The summed E-state index contributed by atoms with van der Waals surface area (Å²) in [5.41, 5.74) is -1.03. The van der Waals surface area contributed by atoms with Crippen molar-refractivity contribution in [2.45, 2.75) is 78.8 Å². The maximum Gasteiger partial charge on any atom is 0.334 e. The molecule has 0 saturated heterocycles. The highest BCUT2D eigenvalue weighted by Gasteiger charge is 2.75. The first-order chi connectivity index (χ1) is 13.9. The van der Waals surface area contributed by atoms with E-state index < -0.39 is 35.3 Å². The number of aliphatic hydroxyl groups is 3. The first-order valence-corrected chi connectivity index (χ1v) is 11.2. The zero-order valence-corrected chi connectivity index (χ0v) is 19.1. The summed E-state index contributed by atoms with van der Waals surface area (Å²) in [6, 6.07) is 0. The normalized spacial score (nSPS) is 49.1. The lowest BCUT2D eigenvalue weighted by atomic mass is 9.58. The van der Waals surface area contributed by atoms with E-state index in [1.54, 1.807) is 26.8 Å². The van der Waals surface area contributed by atoms with Crippen LogP contribution in [0.2, 0.25) is 0 Å². The zero-order valence-electron chi connectivity index (χ0n) is 19.1. The van der Waals surface area contributed by atoms with Crippen molar-refractivity contribution < 1.29 is 24.9 Å². The number of ether oxygens (including phenoxy) is 1. The van der Waals surface area contributed by atoms with Crippen molar-refractivity contribution in [3.8, 4) is 0 Å². The molecular weight excluding hydrogens is 380 g/mol. The van der Waals surface area contributed by atoms with E-state index in [1.807, 2.05) is 19.1 Å². The minimum absolute atomic E-state index is 0.0906. The monoisotopic (exact) mass is 416 g/mol. The van der Waals surface area contributed by atoms with Gasteiger partial charge in [0.2, 0.25) is 0 Å². The summed E-state index contributed by atoms with van der Waals surface area (Å²) in [5, 5.41) is 35.5. The number of allylic oxidation sites excluding steroid dienone is 1. The number of rotatable bonds is 2. The van der Waals surface area contributed by atoms with Gasteiger partial charge in [-0.15, -0.1) is 0 Å². The molecule has 5 nitrogen and oxygen atoms in total. The number of esters is 1. The Morgan fingerprint density at radius 2 is 1.87 bits per heavy atom. The van der Waals surface area contributed by atoms with Crippen molar-refractivity contribution >= 4 is 5.97 Å². The van der Waals surface area contributed by atoms with Gasteiger partial charge < -0.3 is 20.1 Å². The summed E-state index contributed by atoms with van der Waals surface area (Å²) in [6.07, 6.45) is 3.27. The minimum atomic E-state index is -1.82. The van der Waals surface area contributed by atoms with Gasteiger partial charge in [0.15, 0.2) is 6.10 Å². The fourth-order valence-electron chi connectivity index (χ4n) is 7.20. The van der Waals surface area contributed by atoms with Crippen molar-refractivity contribution in [1.29, 1.82) is 0 Å². The Morgan fingerprint density at radius 1 is 1.23 bits per heavy atom. The van der Waals surface area contributed by atoms with Gasteiger partial charge in [0.1, 0.15) is 11.7 Å². The SMILES string of the molecule is C/C=C(/C)C(=O)O[C@H]1C(C)=C[C@]23C(O)[C@@H](C=C(C)[C@@H](O)[C@]12O)[C@H]1[C@@H](C[C@H]3C)C1(C)C. The third-order valence-electron chi connectivity index (χ3n) is 9.09. The molecule has 0 radical (unpaired) electrons. The molecule has 0 aromatic heterocycles. The molecule has 30 heavy (non-hydrogen) atoms. The molecule has 0 aromatic rings.